The first kappa shape index (κ1) is 21.1. The van der Waals surface area contributed by atoms with Crippen molar-refractivity contribution in [2.24, 2.45) is 0 Å². The number of ether oxygens (including phenoxy) is 6. The van der Waals surface area contributed by atoms with Crippen LogP contribution in [0.1, 0.15) is 74.6 Å². The molecule has 7 heteroatoms. The molecule has 5 atom stereocenters. The summed E-state index contributed by atoms with van der Waals surface area (Å²) >= 11 is 0. The summed E-state index contributed by atoms with van der Waals surface area (Å²) in [5.74, 6) is -1.53. The van der Waals surface area contributed by atoms with Gasteiger partial charge in [0.15, 0.2) is 30.1 Å². The Bertz CT molecular complexity index is 815. The molecule has 3 saturated heterocycles. The lowest BCUT2D eigenvalue weighted by atomic mass is 9.94. The minimum absolute atomic E-state index is 0.318. The third-order valence-corrected chi connectivity index (χ3v) is 7.62. The average molecular weight is 445 g/mol. The Kier molecular flexibility index (Phi) is 5.50. The molecule has 3 aliphatic heterocycles. The van der Waals surface area contributed by atoms with Crippen molar-refractivity contribution in [1.29, 1.82) is 0 Å². The lowest BCUT2D eigenvalue weighted by molar-refractivity contribution is -0.259. The first-order valence-electron chi connectivity index (χ1n) is 12.2. The van der Waals surface area contributed by atoms with Gasteiger partial charge in [-0.25, -0.2) is 4.79 Å². The molecule has 2 spiro atoms. The third-order valence-electron chi connectivity index (χ3n) is 7.62. The second-order valence-corrected chi connectivity index (χ2v) is 9.82. The minimum Gasteiger partial charge on any atom is -0.453 e. The zero-order chi connectivity index (χ0) is 21.6. The van der Waals surface area contributed by atoms with Crippen molar-refractivity contribution in [3.8, 4) is 0 Å². The highest BCUT2D eigenvalue weighted by Gasteiger charge is 2.62. The molecule has 5 fully saturated rings. The molecule has 0 amide bonds. The van der Waals surface area contributed by atoms with Crippen LogP contribution in [0, 0.1) is 0 Å². The number of fused-ring (bicyclic) bond motifs is 1. The first-order valence-corrected chi connectivity index (χ1v) is 12.2. The van der Waals surface area contributed by atoms with E-state index in [2.05, 4.69) is 0 Å². The summed E-state index contributed by atoms with van der Waals surface area (Å²) in [4.78, 5) is 13.0. The SMILES string of the molecule is O=C(O[C@@H]1[C@H]2OC3(CCCCC3)O[C@H]2O[C@@H]1[C@H]1COC2(CCCCC2)O1)c1ccccc1. The summed E-state index contributed by atoms with van der Waals surface area (Å²) < 4.78 is 37.8. The fourth-order valence-corrected chi connectivity index (χ4v) is 5.97. The number of rotatable bonds is 3. The van der Waals surface area contributed by atoms with Crippen LogP contribution in [0.3, 0.4) is 0 Å². The second kappa shape index (κ2) is 8.37. The van der Waals surface area contributed by atoms with Gasteiger partial charge in [-0.3, -0.25) is 0 Å². The summed E-state index contributed by atoms with van der Waals surface area (Å²) in [6.45, 7) is 0.425. The van der Waals surface area contributed by atoms with E-state index in [1.807, 2.05) is 18.2 Å². The largest absolute Gasteiger partial charge is 0.453 e. The minimum atomic E-state index is -0.617. The fraction of sp³-hybridized carbons (Fsp3) is 0.720. The molecule has 0 aromatic heterocycles. The maximum absolute atomic E-state index is 13.0. The van der Waals surface area contributed by atoms with E-state index in [0.29, 0.717) is 12.2 Å². The molecule has 174 valence electrons. The summed E-state index contributed by atoms with van der Waals surface area (Å²) in [7, 11) is 0. The van der Waals surface area contributed by atoms with Crippen molar-refractivity contribution >= 4 is 5.97 Å². The molecule has 5 aliphatic rings. The van der Waals surface area contributed by atoms with Crippen LogP contribution < -0.4 is 0 Å². The number of hydrogen-bond donors (Lipinski definition) is 0. The summed E-state index contributed by atoms with van der Waals surface area (Å²) in [6, 6.07) is 9.04. The quantitative estimate of drug-likeness (QED) is 0.650. The van der Waals surface area contributed by atoms with Crippen LogP contribution in [0.2, 0.25) is 0 Å². The third kappa shape index (κ3) is 3.78. The van der Waals surface area contributed by atoms with E-state index in [0.717, 1.165) is 51.4 Å². The molecular weight excluding hydrogens is 412 g/mol. The monoisotopic (exact) mass is 444 g/mol. The standard InChI is InChI=1S/C25H32O7/c26-22(17-10-4-1-5-11-17)28-20-19(18-16-27-24(30-18)12-6-2-7-13-24)29-23-21(20)31-25(32-23)14-8-3-9-15-25/h1,4-5,10-11,18-21,23H,2-3,6-9,12-16H2/t18-,19-,20+,21-,23-/m1/s1. The van der Waals surface area contributed by atoms with Gasteiger partial charge in [0.05, 0.1) is 12.2 Å². The Morgan fingerprint density at radius 2 is 1.50 bits per heavy atom. The first-order chi connectivity index (χ1) is 15.7. The highest BCUT2D eigenvalue weighted by atomic mass is 16.9. The lowest BCUT2D eigenvalue weighted by Crippen LogP contribution is -2.46. The predicted octanol–water partition coefficient (Wildman–Crippen LogP) is 4.09. The molecule has 0 bridgehead atoms. The molecule has 1 aromatic rings. The molecule has 2 aliphatic carbocycles. The Balaban J connectivity index is 1.22. The zero-order valence-electron chi connectivity index (χ0n) is 18.4. The highest BCUT2D eigenvalue weighted by Crippen LogP contribution is 2.48. The van der Waals surface area contributed by atoms with Gasteiger partial charge in [0.1, 0.15) is 12.2 Å². The summed E-state index contributed by atoms with van der Waals surface area (Å²) in [6.07, 6.45) is 7.80. The molecule has 0 radical (unpaired) electrons. The van der Waals surface area contributed by atoms with E-state index in [-0.39, 0.29) is 12.1 Å². The Morgan fingerprint density at radius 1 is 0.812 bits per heavy atom. The van der Waals surface area contributed by atoms with E-state index < -0.39 is 36.2 Å². The number of esters is 1. The van der Waals surface area contributed by atoms with Crippen molar-refractivity contribution in [3.63, 3.8) is 0 Å². The molecule has 3 heterocycles. The van der Waals surface area contributed by atoms with Gasteiger partial charge in [-0.2, -0.15) is 0 Å². The van der Waals surface area contributed by atoms with Crippen molar-refractivity contribution in [2.45, 2.75) is 106 Å². The van der Waals surface area contributed by atoms with Gasteiger partial charge in [-0.1, -0.05) is 31.0 Å². The molecule has 0 N–H and O–H groups in total. The zero-order valence-corrected chi connectivity index (χ0v) is 18.4. The van der Waals surface area contributed by atoms with Crippen LogP contribution in [-0.4, -0.2) is 54.9 Å². The van der Waals surface area contributed by atoms with Crippen molar-refractivity contribution in [2.75, 3.05) is 6.61 Å². The molecule has 2 saturated carbocycles. The molecule has 1 aromatic carbocycles. The van der Waals surface area contributed by atoms with Crippen LogP contribution in [0.15, 0.2) is 30.3 Å². The van der Waals surface area contributed by atoms with Gasteiger partial charge >= 0.3 is 5.97 Å². The summed E-state index contributed by atoms with van der Waals surface area (Å²) in [5, 5.41) is 0. The Labute approximate surface area is 188 Å². The Morgan fingerprint density at radius 3 is 2.22 bits per heavy atom. The van der Waals surface area contributed by atoms with Gasteiger partial charge < -0.3 is 28.4 Å². The van der Waals surface area contributed by atoms with Crippen LogP contribution in [0.4, 0.5) is 0 Å². The van der Waals surface area contributed by atoms with Crippen molar-refractivity contribution < 1.29 is 33.2 Å². The molecule has 0 unspecified atom stereocenters. The number of carbonyl (C=O) groups excluding carboxylic acids is 1. The maximum atomic E-state index is 13.0. The molecule has 6 rings (SSSR count). The van der Waals surface area contributed by atoms with E-state index in [1.165, 1.54) is 12.8 Å². The number of carbonyl (C=O) groups is 1. The van der Waals surface area contributed by atoms with Gasteiger partial charge in [-0.05, 0) is 37.8 Å². The van der Waals surface area contributed by atoms with Crippen molar-refractivity contribution in [1.82, 2.24) is 0 Å². The average Bonchev–Trinajstić information content (AvgIpc) is 3.48. The van der Waals surface area contributed by atoms with Gasteiger partial charge in [0.2, 0.25) is 0 Å². The maximum Gasteiger partial charge on any atom is 0.338 e. The molecule has 7 nitrogen and oxygen atoms in total. The smallest absolute Gasteiger partial charge is 0.338 e. The normalized spacial score (nSPS) is 37.6. The van der Waals surface area contributed by atoms with Crippen LogP contribution in [0.25, 0.3) is 0 Å². The fourth-order valence-electron chi connectivity index (χ4n) is 5.97. The van der Waals surface area contributed by atoms with E-state index in [1.54, 1.807) is 12.1 Å². The number of benzene rings is 1. The predicted molar refractivity (Wildman–Crippen MR) is 113 cm³/mol. The lowest BCUT2D eigenvalue weighted by Gasteiger charge is -2.35. The van der Waals surface area contributed by atoms with Crippen LogP contribution in [-0.2, 0) is 28.4 Å². The Hall–Kier alpha value is -1.51. The van der Waals surface area contributed by atoms with Gasteiger partial charge in [0, 0.05) is 25.7 Å². The van der Waals surface area contributed by atoms with E-state index >= 15 is 0 Å². The molecule has 32 heavy (non-hydrogen) atoms. The van der Waals surface area contributed by atoms with Crippen LogP contribution >= 0.6 is 0 Å². The molecular formula is C25H32O7. The second-order valence-electron chi connectivity index (χ2n) is 9.82. The van der Waals surface area contributed by atoms with Crippen molar-refractivity contribution in [3.05, 3.63) is 35.9 Å². The van der Waals surface area contributed by atoms with E-state index in [9.17, 15) is 4.79 Å². The number of hydrogen-bond acceptors (Lipinski definition) is 7. The van der Waals surface area contributed by atoms with Gasteiger partial charge in [0.25, 0.3) is 0 Å². The van der Waals surface area contributed by atoms with Crippen LogP contribution in [0.5, 0.6) is 0 Å². The highest BCUT2D eigenvalue weighted by molar-refractivity contribution is 5.89. The topological polar surface area (TPSA) is 72.5 Å². The van der Waals surface area contributed by atoms with Gasteiger partial charge in [-0.15, -0.1) is 0 Å². The van der Waals surface area contributed by atoms with E-state index in [4.69, 9.17) is 28.4 Å². The summed E-state index contributed by atoms with van der Waals surface area (Å²) in [5.41, 5.74) is 0.508.